The zero-order valence-electron chi connectivity index (χ0n) is 10.3. The average molecular weight is 273 g/mol. The van der Waals surface area contributed by atoms with Crippen LogP contribution < -0.4 is 5.32 Å². The van der Waals surface area contributed by atoms with Crippen LogP contribution in [0.2, 0.25) is 5.15 Å². The predicted octanol–water partition coefficient (Wildman–Crippen LogP) is 3.29. The van der Waals surface area contributed by atoms with Crippen LogP contribution in [-0.2, 0) is 0 Å². The van der Waals surface area contributed by atoms with Gasteiger partial charge in [0.05, 0.1) is 11.3 Å². The van der Waals surface area contributed by atoms with Crippen molar-refractivity contribution in [3.05, 3.63) is 53.2 Å². The molecule has 0 unspecified atom stereocenters. The molecule has 1 fully saturated rings. The molecule has 1 heterocycles. The van der Waals surface area contributed by atoms with Gasteiger partial charge < -0.3 is 5.32 Å². The molecule has 1 aliphatic carbocycles. The Bertz CT molecular complexity index is 609. The fourth-order valence-electron chi connectivity index (χ4n) is 1.93. The van der Waals surface area contributed by atoms with Crippen molar-refractivity contribution in [1.29, 1.82) is 0 Å². The van der Waals surface area contributed by atoms with E-state index in [1.54, 1.807) is 12.1 Å². The van der Waals surface area contributed by atoms with E-state index in [1.165, 1.54) is 0 Å². The molecule has 96 valence electrons. The minimum atomic E-state index is -0.0782. The summed E-state index contributed by atoms with van der Waals surface area (Å²) in [6, 6.07) is 13.3. The van der Waals surface area contributed by atoms with Gasteiger partial charge in [-0.1, -0.05) is 41.9 Å². The minimum Gasteiger partial charge on any atom is -0.349 e. The number of nitrogens with one attached hydrogen (secondary N) is 1. The molecule has 2 aromatic rings. The van der Waals surface area contributed by atoms with Crippen LogP contribution in [0, 0.1) is 0 Å². The van der Waals surface area contributed by atoms with Crippen molar-refractivity contribution in [2.24, 2.45) is 0 Å². The Labute approximate surface area is 116 Å². The average Bonchev–Trinajstić information content (AvgIpc) is 3.23. The third-order valence-electron chi connectivity index (χ3n) is 3.07. The molecule has 0 radical (unpaired) electrons. The maximum Gasteiger partial charge on any atom is 0.253 e. The first kappa shape index (κ1) is 12.2. The van der Waals surface area contributed by atoms with Gasteiger partial charge in [0.1, 0.15) is 5.15 Å². The number of pyridine rings is 1. The van der Waals surface area contributed by atoms with Crippen LogP contribution in [0.4, 0.5) is 0 Å². The van der Waals surface area contributed by atoms with Crippen LogP contribution in [0.1, 0.15) is 23.2 Å². The number of rotatable bonds is 3. The molecule has 1 saturated carbocycles. The molecule has 0 atom stereocenters. The second-order valence-electron chi connectivity index (χ2n) is 4.64. The lowest BCUT2D eigenvalue weighted by Gasteiger charge is -2.09. The van der Waals surface area contributed by atoms with E-state index in [4.69, 9.17) is 11.6 Å². The summed E-state index contributed by atoms with van der Waals surface area (Å²) in [5.74, 6) is -0.0782. The van der Waals surface area contributed by atoms with E-state index in [-0.39, 0.29) is 5.91 Å². The summed E-state index contributed by atoms with van der Waals surface area (Å²) >= 11 is 5.95. The standard InChI is InChI=1S/C15H13ClN2O/c16-13-9-8-12(15(19)17-11-6-7-11)14(18-13)10-4-2-1-3-5-10/h1-5,8-9,11H,6-7H2,(H,17,19). The van der Waals surface area contributed by atoms with E-state index in [2.05, 4.69) is 10.3 Å². The van der Waals surface area contributed by atoms with Crippen molar-refractivity contribution in [3.63, 3.8) is 0 Å². The van der Waals surface area contributed by atoms with Crippen molar-refractivity contribution in [1.82, 2.24) is 10.3 Å². The Morgan fingerprint density at radius 3 is 2.58 bits per heavy atom. The lowest BCUT2D eigenvalue weighted by Crippen LogP contribution is -2.26. The van der Waals surface area contributed by atoms with Gasteiger partial charge in [-0.2, -0.15) is 0 Å². The molecule has 1 aromatic heterocycles. The number of aromatic nitrogens is 1. The first-order valence-electron chi connectivity index (χ1n) is 6.27. The molecular formula is C15H13ClN2O. The number of carbonyl (C=O) groups is 1. The van der Waals surface area contributed by atoms with Crippen LogP contribution in [-0.4, -0.2) is 16.9 Å². The highest BCUT2D eigenvalue weighted by Gasteiger charge is 2.25. The molecule has 3 rings (SSSR count). The van der Waals surface area contributed by atoms with E-state index in [9.17, 15) is 4.79 Å². The van der Waals surface area contributed by atoms with Crippen molar-refractivity contribution in [2.45, 2.75) is 18.9 Å². The summed E-state index contributed by atoms with van der Waals surface area (Å²) in [6.07, 6.45) is 2.13. The number of amides is 1. The minimum absolute atomic E-state index is 0.0782. The topological polar surface area (TPSA) is 42.0 Å². The monoisotopic (exact) mass is 272 g/mol. The lowest BCUT2D eigenvalue weighted by molar-refractivity contribution is 0.0951. The van der Waals surface area contributed by atoms with Gasteiger partial charge in [-0.15, -0.1) is 0 Å². The maximum atomic E-state index is 12.2. The van der Waals surface area contributed by atoms with Gasteiger partial charge in [-0.3, -0.25) is 4.79 Å². The van der Waals surface area contributed by atoms with Crippen LogP contribution in [0.3, 0.4) is 0 Å². The first-order valence-corrected chi connectivity index (χ1v) is 6.64. The van der Waals surface area contributed by atoms with Gasteiger partial charge in [0.2, 0.25) is 0 Å². The van der Waals surface area contributed by atoms with Crippen molar-refractivity contribution in [3.8, 4) is 11.3 Å². The number of hydrogen-bond acceptors (Lipinski definition) is 2. The molecule has 0 aliphatic heterocycles. The first-order chi connectivity index (χ1) is 9.24. The van der Waals surface area contributed by atoms with Crippen LogP contribution in [0.25, 0.3) is 11.3 Å². The molecule has 1 N–H and O–H groups in total. The SMILES string of the molecule is O=C(NC1CC1)c1ccc(Cl)nc1-c1ccccc1. The number of nitrogens with zero attached hydrogens (tertiary/aromatic N) is 1. The van der Waals surface area contributed by atoms with E-state index >= 15 is 0 Å². The van der Waals surface area contributed by atoms with Crippen molar-refractivity contribution < 1.29 is 4.79 Å². The Kier molecular flexibility index (Phi) is 3.22. The third-order valence-corrected chi connectivity index (χ3v) is 3.28. The van der Waals surface area contributed by atoms with E-state index in [0.29, 0.717) is 22.5 Å². The molecule has 4 heteroatoms. The molecule has 1 amide bonds. The fraction of sp³-hybridized carbons (Fsp3) is 0.200. The van der Waals surface area contributed by atoms with E-state index in [1.807, 2.05) is 30.3 Å². The molecule has 0 saturated heterocycles. The Morgan fingerprint density at radius 2 is 1.89 bits per heavy atom. The quantitative estimate of drug-likeness (QED) is 0.871. The van der Waals surface area contributed by atoms with Gasteiger partial charge in [-0.25, -0.2) is 4.98 Å². The second-order valence-corrected chi connectivity index (χ2v) is 5.03. The van der Waals surface area contributed by atoms with Gasteiger partial charge in [-0.05, 0) is 25.0 Å². The zero-order valence-corrected chi connectivity index (χ0v) is 11.0. The van der Waals surface area contributed by atoms with Crippen LogP contribution >= 0.6 is 11.6 Å². The fourth-order valence-corrected chi connectivity index (χ4v) is 2.07. The number of benzene rings is 1. The molecule has 19 heavy (non-hydrogen) atoms. The largest absolute Gasteiger partial charge is 0.349 e. The summed E-state index contributed by atoms with van der Waals surface area (Å²) in [4.78, 5) is 16.5. The highest BCUT2D eigenvalue weighted by Crippen LogP contribution is 2.25. The maximum absolute atomic E-state index is 12.2. The van der Waals surface area contributed by atoms with Crippen molar-refractivity contribution >= 4 is 17.5 Å². The number of hydrogen-bond donors (Lipinski definition) is 1. The third kappa shape index (κ3) is 2.76. The summed E-state index contributed by atoms with van der Waals surface area (Å²) in [5, 5.41) is 3.37. The van der Waals surface area contributed by atoms with Crippen molar-refractivity contribution in [2.75, 3.05) is 0 Å². The number of halogens is 1. The van der Waals surface area contributed by atoms with Gasteiger partial charge >= 0.3 is 0 Å². The zero-order chi connectivity index (χ0) is 13.2. The smallest absolute Gasteiger partial charge is 0.253 e. The van der Waals surface area contributed by atoms with Crippen LogP contribution in [0.15, 0.2) is 42.5 Å². The molecule has 0 spiro atoms. The highest BCUT2D eigenvalue weighted by molar-refractivity contribution is 6.29. The van der Waals surface area contributed by atoms with Gasteiger partial charge in [0.15, 0.2) is 0 Å². The van der Waals surface area contributed by atoms with Crippen LogP contribution in [0.5, 0.6) is 0 Å². The normalized spacial score (nSPS) is 14.2. The van der Waals surface area contributed by atoms with Gasteiger partial charge in [0, 0.05) is 11.6 Å². The predicted molar refractivity (Wildman–Crippen MR) is 75.2 cm³/mol. The molecule has 3 nitrogen and oxygen atoms in total. The molecule has 1 aromatic carbocycles. The Balaban J connectivity index is 2.01. The molecular weight excluding hydrogens is 260 g/mol. The van der Waals surface area contributed by atoms with E-state index in [0.717, 1.165) is 18.4 Å². The van der Waals surface area contributed by atoms with E-state index < -0.39 is 0 Å². The highest BCUT2D eigenvalue weighted by atomic mass is 35.5. The molecule has 0 bridgehead atoms. The molecule has 1 aliphatic rings. The van der Waals surface area contributed by atoms with Gasteiger partial charge in [0.25, 0.3) is 5.91 Å². The Hall–Kier alpha value is -1.87. The summed E-state index contributed by atoms with van der Waals surface area (Å²) < 4.78 is 0. The summed E-state index contributed by atoms with van der Waals surface area (Å²) in [6.45, 7) is 0. The summed E-state index contributed by atoms with van der Waals surface area (Å²) in [5.41, 5.74) is 2.10. The number of carbonyl (C=O) groups excluding carboxylic acids is 1. The second kappa shape index (κ2) is 5.02. The Morgan fingerprint density at radius 1 is 1.16 bits per heavy atom. The lowest BCUT2D eigenvalue weighted by atomic mass is 10.1. The summed E-state index contributed by atoms with van der Waals surface area (Å²) in [7, 11) is 0.